The van der Waals surface area contributed by atoms with E-state index in [2.05, 4.69) is 22.7 Å². The Morgan fingerprint density at radius 1 is 1.40 bits per heavy atom. The molecule has 1 fully saturated rings. The molecule has 0 saturated heterocycles. The Kier molecular flexibility index (Phi) is 5.20. The summed E-state index contributed by atoms with van der Waals surface area (Å²) in [5.74, 6) is 6.12. The molecule has 1 aliphatic rings. The third-order valence-electron chi connectivity index (χ3n) is 3.92. The molecular weight excluding hydrogens is 276 g/mol. The lowest BCUT2D eigenvalue weighted by atomic mass is 9.84. The first-order chi connectivity index (χ1) is 9.60. The highest BCUT2D eigenvalue weighted by atomic mass is 35.5. The first kappa shape index (κ1) is 15.1. The lowest BCUT2D eigenvalue weighted by molar-refractivity contribution is 0.0919. The molecule has 1 aromatic heterocycles. The molecule has 4 N–H and O–H groups in total. The van der Waals surface area contributed by atoms with Crippen molar-refractivity contribution < 1.29 is 4.79 Å². The summed E-state index contributed by atoms with van der Waals surface area (Å²) in [6, 6.07) is 3.31. The van der Waals surface area contributed by atoms with Crippen LogP contribution in [0.4, 0.5) is 5.82 Å². The van der Waals surface area contributed by atoms with Crippen molar-refractivity contribution >= 4 is 23.3 Å². The number of halogens is 1. The number of hydrogen-bond donors (Lipinski definition) is 3. The number of nitrogens with one attached hydrogen (secondary N) is 2. The maximum atomic E-state index is 12.3. The van der Waals surface area contributed by atoms with E-state index in [0.29, 0.717) is 17.3 Å². The van der Waals surface area contributed by atoms with E-state index in [1.807, 2.05) is 0 Å². The Bertz CT molecular complexity index is 474. The molecule has 0 radical (unpaired) electrons. The molecule has 0 aromatic carbocycles. The molecule has 1 atom stereocenters. The minimum atomic E-state index is -0.135. The van der Waals surface area contributed by atoms with Gasteiger partial charge in [0.15, 0.2) is 0 Å². The monoisotopic (exact) mass is 296 g/mol. The van der Waals surface area contributed by atoms with Crippen LogP contribution in [0.15, 0.2) is 12.1 Å². The second-order valence-corrected chi connectivity index (χ2v) is 5.76. The van der Waals surface area contributed by atoms with Crippen LogP contribution in [0.25, 0.3) is 0 Å². The minimum absolute atomic E-state index is 0.135. The van der Waals surface area contributed by atoms with E-state index in [-0.39, 0.29) is 17.1 Å². The molecule has 20 heavy (non-hydrogen) atoms. The van der Waals surface area contributed by atoms with Gasteiger partial charge in [0.05, 0.1) is 0 Å². The summed E-state index contributed by atoms with van der Waals surface area (Å²) >= 11 is 5.87. The number of hydrogen-bond acceptors (Lipinski definition) is 4. The Morgan fingerprint density at radius 2 is 2.10 bits per heavy atom. The molecule has 1 saturated carbocycles. The molecule has 5 nitrogen and oxygen atoms in total. The van der Waals surface area contributed by atoms with Crippen LogP contribution in [0.2, 0.25) is 5.15 Å². The normalized spacial score (nSPS) is 17.6. The molecule has 0 bridgehead atoms. The number of rotatable bonds is 4. The van der Waals surface area contributed by atoms with Gasteiger partial charge in [-0.15, -0.1) is 0 Å². The van der Waals surface area contributed by atoms with Gasteiger partial charge in [-0.3, -0.25) is 4.79 Å². The number of carbonyl (C=O) groups is 1. The third kappa shape index (κ3) is 3.84. The molecule has 1 unspecified atom stereocenters. The summed E-state index contributed by atoms with van der Waals surface area (Å²) in [6.07, 6.45) is 6.20. The van der Waals surface area contributed by atoms with Crippen molar-refractivity contribution in [2.45, 2.75) is 45.1 Å². The topological polar surface area (TPSA) is 80.0 Å². The number of hydrazine groups is 1. The average Bonchev–Trinajstić information content (AvgIpc) is 2.47. The number of pyridine rings is 1. The van der Waals surface area contributed by atoms with Crippen LogP contribution in [-0.4, -0.2) is 16.9 Å². The summed E-state index contributed by atoms with van der Waals surface area (Å²) in [7, 11) is 0. The highest BCUT2D eigenvalue weighted by Crippen LogP contribution is 2.26. The van der Waals surface area contributed by atoms with E-state index in [9.17, 15) is 4.79 Å². The molecule has 1 heterocycles. The van der Waals surface area contributed by atoms with Gasteiger partial charge in [0.25, 0.3) is 5.91 Å². The molecular formula is C14H21ClN4O. The van der Waals surface area contributed by atoms with E-state index >= 15 is 0 Å². The van der Waals surface area contributed by atoms with Crippen molar-refractivity contribution in [2.24, 2.45) is 11.8 Å². The van der Waals surface area contributed by atoms with Gasteiger partial charge in [0.1, 0.15) is 11.0 Å². The second kappa shape index (κ2) is 6.90. The maximum absolute atomic E-state index is 12.3. The van der Waals surface area contributed by atoms with Crippen LogP contribution < -0.4 is 16.6 Å². The van der Waals surface area contributed by atoms with E-state index in [4.69, 9.17) is 17.4 Å². The Morgan fingerprint density at radius 3 is 2.75 bits per heavy atom. The standard InChI is InChI=1S/C14H21ClN4O/c1-9(10-5-3-2-4-6-10)17-14(20)11-7-12(15)18-13(8-11)19-16/h7-10H,2-6,16H2,1H3,(H,17,20)(H,18,19). The van der Waals surface area contributed by atoms with Gasteiger partial charge in [0.2, 0.25) is 0 Å². The smallest absolute Gasteiger partial charge is 0.251 e. The van der Waals surface area contributed by atoms with Crippen molar-refractivity contribution in [3.8, 4) is 0 Å². The van der Waals surface area contributed by atoms with Crippen molar-refractivity contribution in [3.63, 3.8) is 0 Å². The zero-order valence-corrected chi connectivity index (χ0v) is 12.4. The zero-order valence-electron chi connectivity index (χ0n) is 11.7. The predicted octanol–water partition coefficient (Wildman–Crippen LogP) is 2.72. The van der Waals surface area contributed by atoms with Crippen LogP contribution in [0.1, 0.15) is 49.4 Å². The van der Waals surface area contributed by atoms with Crippen LogP contribution in [0.3, 0.4) is 0 Å². The number of amides is 1. The quantitative estimate of drug-likeness (QED) is 0.453. The fraction of sp³-hybridized carbons (Fsp3) is 0.571. The van der Waals surface area contributed by atoms with E-state index < -0.39 is 0 Å². The number of anilines is 1. The van der Waals surface area contributed by atoms with Gasteiger partial charge in [0, 0.05) is 11.6 Å². The molecule has 0 spiro atoms. The van der Waals surface area contributed by atoms with Crippen molar-refractivity contribution in [2.75, 3.05) is 5.43 Å². The molecule has 110 valence electrons. The Hall–Kier alpha value is -1.33. The molecule has 2 rings (SSSR count). The second-order valence-electron chi connectivity index (χ2n) is 5.37. The largest absolute Gasteiger partial charge is 0.349 e. The van der Waals surface area contributed by atoms with Gasteiger partial charge in [-0.1, -0.05) is 30.9 Å². The SMILES string of the molecule is CC(NC(=O)c1cc(Cl)nc(NN)c1)C1CCCCC1. The molecule has 6 heteroatoms. The van der Waals surface area contributed by atoms with Crippen LogP contribution in [0.5, 0.6) is 0 Å². The summed E-state index contributed by atoms with van der Waals surface area (Å²) < 4.78 is 0. The van der Waals surface area contributed by atoms with Gasteiger partial charge in [-0.05, 0) is 37.8 Å². The maximum Gasteiger partial charge on any atom is 0.251 e. The predicted molar refractivity (Wildman–Crippen MR) is 80.6 cm³/mol. The van der Waals surface area contributed by atoms with Crippen LogP contribution in [0, 0.1) is 5.92 Å². The van der Waals surface area contributed by atoms with Gasteiger partial charge >= 0.3 is 0 Å². The summed E-state index contributed by atoms with van der Waals surface area (Å²) in [5, 5.41) is 3.30. The van der Waals surface area contributed by atoms with E-state index in [1.165, 1.54) is 32.1 Å². The third-order valence-corrected chi connectivity index (χ3v) is 4.11. The Balaban J connectivity index is 2.01. The first-order valence-electron chi connectivity index (χ1n) is 7.05. The highest BCUT2D eigenvalue weighted by molar-refractivity contribution is 6.29. The number of nitrogens with zero attached hydrogens (tertiary/aromatic N) is 1. The van der Waals surface area contributed by atoms with Crippen molar-refractivity contribution in [1.29, 1.82) is 0 Å². The summed E-state index contributed by atoms with van der Waals surface area (Å²) in [4.78, 5) is 16.2. The molecule has 1 amide bonds. The molecule has 1 aliphatic carbocycles. The average molecular weight is 297 g/mol. The number of nitrogen functional groups attached to an aromatic ring is 1. The van der Waals surface area contributed by atoms with Crippen molar-refractivity contribution in [1.82, 2.24) is 10.3 Å². The zero-order chi connectivity index (χ0) is 14.5. The molecule has 0 aliphatic heterocycles. The van der Waals surface area contributed by atoms with E-state index in [0.717, 1.165) is 0 Å². The lowest BCUT2D eigenvalue weighted by Gasteiger charge is -2.28. The van der Waals surface area contributed by atoms with E-state index in [1.54, 1.807) is 12.1 Å². The van der Waals surface area contributed by atoms with Gasteiger partial charge in [-0.25, -0.2) is 10.8 Å². The van der Waals surface area contributed by atoms with Crippen molar-refractivity contribution in [3.05, 3.63) is 22.8 Å². The van der Waals surface area contributed by atoms with Gasteiger partial charge < -0.3 is 10.7 Å². The first-order valence-corrected chi connectivity index (χ1v) is 7.43. The lowest BCUT2D eigenvalue weighted by Crippen LogP contribution is -2.38. The fourth-order valence-corrected chi connectivity index (χ4v) is 2.95. The number of carbonyl (C=O) groups excluding carboxylic acids is 1. The highest BCUT2D eigenvalue weighted by Gasteiger charge is 2.22. The number of nitrogens with two attached hydrogens (primary N) is 1. The fourth-order valence-electron chi connectivity index (χ4n) is 2.74. The Labute approximate surface area is 124 Å². The summed E-state index contributed by atoms with van der Waals surface area (Å²) in [5.41, 5.74) is 2.88. The van der Waals surface area contributed by atoms with Gasteiger partial charge in [-0.2, -0.15) is 0 Å². The molecule has 1 aromatic rings. The van der Waals surface area contributed by atoms with Crippen LogP contribution in [-0.2, 0) is 0 Å². The summed E-state index contributed by atoms with van der Waals surface area (Å²) in [6.45, 7) is 2.07. The van der Waals surface area contributed by atoms with Crippen LogP contribution >= 0.6 is 11.6 Å². The minimum Gasteiger partial charge on any atom is -0.349 e. The number of aromatic nitrogens is 1.